The molecule has 1 amide bonds. The molecule has 4 heteroatoms. The molecule has 3 nitrogen and oxygen atoms in total. The van der Waals surface area contributed by atoms with E-state index in [2.05, 4.69) is 43.2 Å². The van der Waals surface area contributed by atoms with Crippen LogP contribution >= 0.6 is 11.3 Å². The van der Waals surface area contributed by atoms with Crippen molar-refractivity contribution < 1.29 is 4.79 Å². The van der Waals surface area contributed by atoms with E-state index in [9.17, 15) is 4.79 Å². The second-order valence-corrected chi connectivity index (χ2v) is 8.39. The molecule has 1 aliphatic carbocycles. The van der Waals surface area contributed by atoms with Crippen LogP contribution in [0, 0.1) is 5.92 Å². The second-order valence-electron chi connectivity index (χ2n) is 7.50. The number of carbonyl (C=O) groups excluding carboxylic acids is 1. The Hall–Kier alpha value is -1.16. The Kier molecular flexibility index (Phi) is 4.40. The Labute approximate surface area is 137 Å². The number of likely N-dealkylation sites (tertiary alicyclic amines) is 1. The van der Waals surface area contributed by atoms with Crippen LogP contribution in [-0.2, 0) is 10.2 Å². The molecular formula is C18H26N2OS. The van der Waals surface area contributed by atoms with Gasteiger partial charge >= 0.3 is 0 Å². The predicted molar refractivity (Wildman–Crippen MR) is 91.0 cm³/mol. The van der Waals surface area contributed by atoms with Gasteiger partial charge in [0.25, 0.3) is 0 Å². The van der Waals surface area contributed by atoms with Crippen molar-refractivity contribution in [2.24, 2.45) is 5.92 Å². The van der Waals surface area contributed by atoms with Crippen LogP contribution in [0.1, 0.15) is 69.6 Å². The molecule has 1 aromatic heterocycles. The fraction of sp³-hybridized carbons (Fsp3) is 0.667. The third kappa shape index (κ3) is 3.12. The van der Waals surface area contributed by atoms with E-state index in [1.165, 1.54) is 6.42 Å². The number of carbonyl (C=O) groups is 1. The molecule has 0 unspecified atom stereocenters. The van der Waals surface area contributed by atoms with Gasteiger partial charge < -0.3 is 4.90 Å². The van der Waals surface area contributed by atoms with Gasteiger partial charge in [-0.25, -0.2) is 4.98 Å². The van der Waals surface area contributed by atoms with Gasteiger partial charge in [0.05, 0.1) is 11.7 Å². The molecule has 2 heterocycles. The SMILES string of the molecule is CC(C)(C)c1csc([C@H]2CCCCN2C(=O)C2CC=CC2)n1. The van der Waals surface area contributed by atoms with Crippen LogP contribution < -0.4 is 0 Å². The number of piperidine rings is 1. The van der Waals surface area contributed by atoms with Gasteiger partial charge in [-0.1, -0.05) is 32.9 Å². The average molecular weight is 318 g/mol. The quantitative estimate of drug-likeness (QED) is 0.754. The highest BCUT2D eigenvalue weighted by Gasteiger charge is 2.34. The van der Waals surface area contributed by atoms with Crippen molar-refractivity contribution in [3.63, 3.8) is 0 Å². The van der Waals surface area contributed by atoms with E-state index in [4.69, 9.17) is 4.98 Å². The number of nitrogens with zero attached hydrogens (tertiary/aromatic N) is 2. The first-order valence-electron chi connectivity index (χ1n) is 8.38. The van der Waals surface area contributed by atoms with Crippen molar-refractivity contribution >= 4 is 17.2 Å². The molecule has 1 saturated heterocycles. The van der Waals surface area contributed by atoms with Gasteiger partial charge in [-0.2, -0.15) is 0 Å². The molecule has 0 spiro atoms. The summed E-state index contributed by atoms with van der Waals surface area (Å²) in [7, 11) is 0. The molecule has 0 bridgehead atoms. The maximum Gasteiger partial charge on any atom is 0.226 e. The Morgan fingerprint density at radius 3 is 2.64 bits per heavy atom. The number of aromatic nitrogens is 1. The number of hydrogen-bond acceptors (Lipinski definition) is 3. The fourth-order valence-electron chi connectivity index (χ4n) is 3.29. The summed E-state index contributed by atoms with van der Waals surface area (Å²) in [6.45, 7) is 7.48. The Bertz CT molecular complexity index is 562. The number of thiazole rings is 1. The lowest BCUT2D eigenvalue weighted by Gasteiger charge is -2.36. The predicted octanol–water partition coefficient (Wildman–Crippen LogP) is 4.46. The Morgan fingerprint density at radius 2 is 2.00 bits per heavy atom. The van der Waals surface area contributed by atoms with Gasteiger partial charge in [-0.15, -0.1) is 11.3 Å². The maximum absolute atomic E-state index is 12.9. The summed E-state index contributed by atoms with van der Waals surface area (Å²) in [4.78, 5) is 19.8. The summed E-state index contributed by atoms with van der Waals surface area (Å²) in [6, 6.07) is 0.197. The summed E-state index contributed by atoms with van der Waals surface area (Å²) in [5.41, 5.74) is 1.22. The molecule has 22 heavy (non-hydrogen) atoms. The molecular weight excluding hydrogens is 292 g/mol. The second kappa shape index (κ2) is 6.15. The zero-order chi connectivity index (χ0) is 15.7. The molecule has 0 aromatic carbocycles. The van der Waals surface area contributed by atoms with Crippen molar-refractivity contribution in [1.82, 2.24) is 9.88 Å². The molecule has 0 N–H and O–H groups in total. The third-order valence-electron chi connectivity index (χ3n) is 4.72. The highest BCUT2D eigenvalue weighted by Crippen LogP contribution is 2.36. The monoisotopic (exact) mass is 318 g/mol. The van der Waals surface area contributed by atoms with Gasteiger partial charge in [-0.05, 0) is 32.1 Å². The largest absolute Gasteiger partial charge is 0.333 e. The summed E-state index contributed by atoms with van der Waals surface area (Å²) in [5, 5.41) is 3.30. The molecule has 120 valence electrons. The average Bonchev–Trinajstić information content (AvgIpc) is 3.17. The number of amides is 1. The van der Waals surface area contributed by atoms with Crippen LogP contribution in [0.3, 0.4) is 0 Å². The molecule has 2 aliphatic rings. The van der Waals surface area contributed by atoms with Crippen molar-refractivity contribution in [2.45, 2.75) is 64.3 Å². The van der Waals surface area contributed by atoms with E-state index in [0.29, 0.717) is 5.91 Å². The van der Waals surface area contributed by atoms with Crippen LogP contribution in [0.5, 0.6) is 0 Å². The highest BCUT2D eigenvalue weighted by atomic mass is 32.1. The van der Waals surface area contributed by atoms with Crippen LogP contribution in [0.2, 0.25) is 0 Å². The van der Waals surface area contributed by atoms with Gasteiger partial charge in [0.1, 0.15) is 5.01 Å². The Balaban J connectivity index is 1.80. The maximum atomic E-state index is 12.9. The highest BCUT2D eigenvalue weighted by molar-refractivity contribution is 7.09. The number of hydrogen-bond donors (Lipinski definition) is 0. The zero-order valence-corrected chi connectivity index (χ0v) is 14.7. The first-order valence-corrected chi connectivity index (χ1v) is 9.26. The van der Waals surface area contributed by atoms with E-state index in [-0.39, 0.29) is 17.4 Å². The van der Waals surface area contributed by atoms with E-state index >= 15 is 0 Å². The fourth-order valence-corrected chi connectivity index (χ4v) is 4.48. The summed E-state index contributed by atoms with van der Waals surface area (Å²) in [6.07, 6.45) is 9.48. The van der Waals surface area contributed by atoms with E-state index < -0.39 is 0 Å². The van der Waals surface area contributed by atoms with Crippen molar-refractivity contribution in [3.8, 4) is 0 Å². The third-order valence-corrected chi connectivity index (χ3v) is 5.66. The lowest BCUT2D eigenvalue weighted by atomic mass is 9.93. The minimum Gasteiger partial charge on any atom is -0.333 e. The standard InChI is InChI=1S/C18H26N2OS/c1-18(2,3)15-12-22-16(19-15)14-10-6-7-11-20(14)17(21)13-8-4-5-9-13/h4-5,12-14H,6-11H2,1-3H3/t14-/m1/s1. The molecule has 1 fully saturated rings. The number of rotatable bonds is 2. The van der Waals surface area contributed by atoms with Crippen LogP contribution in [0.4, 0.5) is 0 Å². The number of allylic oxidation sites excluding steroid dienone is 2. The van der Waals surface area contributed by atoms with E-state index in [1.54, 1.807) is 11.3 Å². The lowest BCUT2D eigenvalue weighted by Crippen LogP contribution is -2.41. The smallest absolute Gasteiger partial charge is 0.226 e. The van der Waals surface area contributed by atoms with Gasteiger partial charge in [0.15, 0.2) is 0 Å². The van der Waals surface area contributed by atoms with Crippen molar-refractivity contribution in [1.29, 1.82) is 0 Å². The van der Waals surface area contributed by atoms with E-state index in [0.717, 1.165) is 42.9 Å². The first-order chi connectivity index (χ1) is 10.5. The summed E-state index contributed by atoms with van der Waals surface area (Å²) in [5.74, 6) is 0.504. The first kappa shape index (κ1) is 15.7. The lowest BCUT2D eigenvalue weighted by molar-refractivity contribution is -0.139. The van der Waals surface area contributed by atoms with Crippen LogP contribution in [0.15, 0.2) is 17.5 Å². The minimum absolute atomic E-state index is 0.0770. The van der Waals surface area contributed by atoms with Gasteiger partial charge in [0, 0.05) is 23.3 Å². The van der Waals surface area contributed by atoms with Crippen molar-refractivity contribution in [2.75, 3.05) is 6.54 Å². The van der Waals surface area contributed by atoms with Gasteiger partial charge in [0.2, 0.25) is 5.91 Å². The molecule has 0 radical (unpaired) electrons. The summed E-state index contributed by atoms with van der Waals surface area (Å²) < 4.78 is 0. The van der Waals surface area contributed by atoms with Crippen LogP contribution in [-0.4, -0.2) is 22.3 Å². The topological polar surface area (TPSA) is 33.2 Å². The summed E-state index contributed by atoms with van der Waals surface area (Å²) >= 11 is 1.73. The van der Waals surface area contributed by atoms with Gasteiger partial charge in [-0.3, -0.25) is 4.79 Å². The molecule has 3 rings (SSSR count). The Morgan fingerprint density at radius 1 is 1.27 bits per heavy atom. The molecule has 1 aliphatic heterocycles. The minimum atomic E-state index is 0.0770. The molecule has 0 saturated carbocycles. The van der Waals surface area contributed by atoms with Crippen molar-refractivity contribution in [3.05, 3.63) is 28.2 Å². The van der Waals surface area contributed by atoms with Crippen LogP contribution in [0.25, 0.3) is 0 Å². The molecule has 1 aromatic rings. The molecule has 1 atom stereocenters. The van der Waals surface area contributed by atoms with E-state index in [1.807, 2.05) is 0 Å². The normalized spacial score (nSPS) is 23.2. The zero-order valence-electron chi connectivity index (χ0n) is 13.8.